The van der Waals surface area contributed by atoms with Gasteiger partial charge in [-0.25, -0.2) is 0 Å². The summed E-state index contributed by atoms with van der Waals surface area (Å²) in [7, 11) is 8.22. The Labute approximate surface area is 66.9 Å². The predicted octanol–water partition coefficient (Wildman–Crippen LogP) is 3.58. The highest BCUT2D eigenvalue weighted by Crippen LogP contribution is 2.33. The molecule has 0 N–H and O–H groups in total. The average molecular weight is 177 g/mol. The van der Waals surface area contributed by atoms with Gasteiger partial charge >= 0.3 is 0 Å². The quantitative estimate of drug-likeness (QED) is 0.632. The number of halogens is 1. The van der Waals surface area contributed by atoms with E-state index in [9.17, 15) is 0 Å². The molecule has 0 unspecified atom stereocenters. The van der Waals surface area contributed by atoms with Gasteiger partial charge in [0.2, 0.25) is 0 Å². The minimum atomic E-state index is 1.19. The van der Waals surface area contributed by atoms with Gasteiger partial charge in [-0.2, -0.15) is 0 Å². The van der Waals surface area contributed by atoms with Gasteiger partial charge in [-0.05, 0) is 33.6 Å². The fraction of sp³-hybridized carbons (Fsp3) is 0. The van der Waals surface area contributed by atoms with Gasteiger partial charge in [0, 0.05) is 14.9 Å². The second-order valence-electron chi connectivity index (χ2n) is 1.46. The molecule has 0 atom stereocenters. The van der Waals surface area contributed by atoms with Gasteiger partial charge in [0.05, 0.1) is 0 Å². The molecule has 0 spiro atoms. The lowest BCUT2D eigenvalue weighted by Gasteiger charge is -1.91. The van der Waals surface area contributed by atoms with Crippen LogP contribution in [0.4, 0.5) is 0 Å². The SMILES string of the molecule is ClSSc1ccccc1. The van der Waals surface area contributed by atoms with Crippen LogP contribution in [0.15, 0.2) is 35.2 Å². The van der Waals surface area contributed by atoms with Crippen LogP contribution in [0.3, 0.4) is 0 Å². The molecule has 9 heavy (non-hydrogen) atoms. The van der Waals surface area contributed by atoms with Crippen LogP contribution in [0.5, 0.6) is 0 Å². The van der Waals surface area contributed by atoms with Crippen LogP contribution >= 0.6 is 31.5 Å². The van der Waals surface area contributed by atoms with Crippen molar-refractivity contribution in [2.45, 2.75) is 4.90 Å². The van der Waals surface area contributed by atoms with Crippen molar-refractivity contribution in [3.8, 4) is 0 Å². The predicted molar refractivity (Wildman–Crippen MR) is 45.7 cm³/mol. The highest BCUT2D eigenvalue weighted by Gasteiger charge is 1.87. The molecule has 0 heterocycles. The third kappa shape index (κ3) is 2.52. The molecule has 0 bridgehead atoms. The first-order valence-electron chi connectivity index (χ1n) is 2.44. The zero-order chi connectivity index (χ0) is 6.53. The Morgan fingerprint density at radius 3 is 2.33 bits per heavy atom. The molecule has 1 aromatic carbocycles. The van der Waals surface area contributed by atoms with E-state index >= 15 is 0 Å². The lowest BCUT2D eigenvalue weighted by atomic mass is 10.4. The topological polar surface area (TPSA) is 0 Å². The summed E-state index contributed by atoms with van der Waals surface area (Å²) in [5, 5.41) is 0. The van der Waals surface area contributed by atoms with Crippen LogP contribution in [0, 0.1) is 0 Å². The smallest absolute Gasteiger partial charge is 0.0194 e. The number of hydrogen-bond donors (Lipinski definition) is 0. The van der Waals surface area contributed by atoms with Crippen molar-refractivity contribution in [3.63, 3.8) is 0 Å². The summed E-state index contributed by atoms with van der Waals surface area (Å²) in [5.41, 5.74) is 0. The van der Waals surface area contributed by atoms with E-state index in [4.69, 9.17) is 10.7 Å². The van der Waals surface area contributed by atoms with Crippen molar-refractivity contribution < 1.29 is 0 Å². The first-order chi connectivity index (χ1) is 4.43. The van der Waals surface area contributed by atoms with Crippen LogP contribution in [-0.4, -0.2) is 0 Å². The van der Waals surface area contributed by atoms with Crippen LogP contribution in [0.25, 0.3) is 0 Å². The maximum atomic E-state index is 5.42. The molecule has 0 amide bonds. The Balaban J connectivity index is 2.61. The molecular weight excluding hydrogens is 172 g/mol. The molecule has 48 valence electrons. The van der Waals surface area contributed by atoms with E-state index in [0.717, 1.165) is 0 Å². The summed E-state index contributed by atoms with van der Waals surface area (Å²) in [6.07, 6.45) is 0. The number of benzene rings is 1. The molecule has 0 aliphatic heterocycles. The Bertz CT molecular complexity index is 164. The average Bonchev–Trinajstić information content (AvgIpc) is 1.91. The van der Waals surface area contributed by atoms with E-state index in [1.54, 1.807) is 10.8 Å². The highest BCUT2D eigenvalue weighted by atomic mass is 35.7. The second-order valence-corrected chi connectivity index (χ2v) is 4.24. The summed E-state index contributed by atoms with van der Waals surface area (Å²) in [6, 6.07) is 10.0. The molecule has 0 saturated heterocycles. The van der Waals surface area contributed by atoms with Gasteiger partial charge in [0.15, 0.2) is 0 Å². The summed E-state index contributed by atoms with van der Waals surface area (Å²) < 4.78 is 0. The Kier molecular flexibility index (Phi) is 3.33. The Hall–Kier alpha value is 0.210. The van der Waals surface area contributed by atoms with Gasteiger partial charge in [-0.1, -0.05) is 18.2 Å². The van der Waals surface area contributed by atoms with Crippen molar-refractivity contribution >= 4 is 31.5 Å². The van der Waals surface area contributed by atoms with Gasteiger partial charge < -0.3 is 0 Å². The summed E-state index contributed by atoms with van der Waals surface area (Å²) in [5.74, 6) is 0. The molecule has 0 aliphatic rings. The van der Waals surface area contributed by atoms with E-state index in [1.165, 1.54) is 14.9 Å². The Morgan fingerprint density at radius 2 is 1.78 bits per heavy atom. The zero-order valence-corrected chi connectivity index (χ0v) is 6.97. The van der Waals surface area contributed by atoms with E-state index < -0.39 is 0 Å². The van der Waals surface area contributed by atoms with Gasteiger partial charge in [-0.3, -0.25) is 0 Å². The van der Waals surface area contributed by atoms with E-state index in [2.05, 4.69) is 0 Å². The molecule has 0 nitrogen and oxygen atoms in total. The lowest BCUT2D eigenvalue weighted by molar-refractivity contribution is 1.48. The fourth-order valence-corrected chi connectivity index (χ4v) is 2.06. The summed E-state index contributed by atoms with van der Waals surface area (Å²) in [6.45, 7) is 0. The molecule has 1 rings (SSSR count). The minimum Gasteiger partial charge on any atom is -0.0622 e. The Morgan fingerprint density at radius 1 is 1.11 bits per heavy atom. The monoisotopic (exact) mass is 176 g/mol. The second kappa shape index (κ2) is 4.09. The highest BCUT2D eigenvalue weighted by molar-refractivity contribution is 8.85. The van der Waals surface area contributed by atoms with Gasteiger partial charge in [0.1, 0.15) is 0 Å². The summed E-state index contributed by atoms with van der Waals surface area (Å²) in [4.78, 5) is 1.19. The summed E-state index contributed by atoms with van der Waals surface area (Å²) >= 11 is 0. The van der Waals surface area contributed by atoms with Gasteiger partial charge in [-0.15, -0.1) is 0 Å². The lowest BCUT2D eigenvalue weighted by Crippen LogP contribution is -1.60. The van der Waals surface area contributed by atoms with E-state index in [-0.39, 0.29) is 0 Å². The van der Waals surface area contributed by atoms with Gasteiger partial charge in [0.25, 0.3) is 0 Å². The van der Waals surface area contributed by atoms with Crippen LogP contribution in [0.1, 0.15) is 0 Å². The van der Waals surface area contributed by atoms with Crippen molar-refractivity contribution in [3.05, 3.63) is 30.3 Å². The number of rotatable bonds is 2. The van der Waals surface area contributed by atoms with E-state index in [1.807, 2.05) is 30.3 Å². The standard InChI is InChI=1S/C6H5ClS2/c7-9-8-6-4-2-1-3-5-6/h1-5H. The molecular formula is C6H5ClS2. The third-order valence-corrected chi connectivity index (χ3v) is 2.73. The van der Waals surface area contributed by atoms with Crippen LogP contribution in [0.2, 0.25) is 0 Å². The van der Waals surface area contributed by atoms with Crippen LogP contribution < -0.4 is 0 Å². The molecule has 0 fully saturated rings. The number of hydrogen-bond acceptors (Lipinski definition) is 2. The molecule has 1 aromatic rings. The zero-order valence-electron chi connectivity index (χ0n) is 4.58. The van der Waals surface area contributed by atoms with Crippen molar-refractivity contribution in [2.24, 2.45) is 0 Å². The van der Waals surface area contributed by atoms with Crippen molar-refractivity contribution in [1.82, 2.24) is 0 Å². The molecule has 0 radical (unpaired) electrons. The first-order valence-corrected chi connectivity index (χ1v) is 5.41. The molecule has 0 saturated carbocycles. The minimum absolute atomic E-state index is 1.19. The molecule has 0 aromatic heterocycles. The van der Waals surface area contributed by atoms with Crippen LogP contribution in [-0.2, 0) is 0 Å². The fourth-order valence-electron chi connectivity index (χ4n) is 0.512. The first kappa shape index (κ1) is 7.32. The van der Waals surface area contributed by atoms with Crippen molar-refractivity contribution in [2.75, 3.05) is 0 Å². The molecule has 0 aliphatic carbocycles. The normalized spacial score (nSPS) is 9.44. The largest absolute Gasteiger partial charge is 0.0622 e. The van der Waals surface area contributed by atoms with Crippen molar-refractivity contribution in [1.29, 1.82) is 0 Å². The van der Waals surface area contributed by atoms with E-state index in [0.29, 0.717) is 0 Å². The maximum Gasteiger partial charge on any atom is 0.0194 e. The maximum absolute atomic E-state index is 5.42. The molecule has 3 heteroatoms. The third-order valence-electron chi connectivity index (χ3n) is 0.871.